The van der Waals surface area contributed by atoms with E-state index in [-0.39, 0.29) is 11.4 Å². The molecular formula is C12H9F2NO. The highest BCUT2D eigenvalue weighted by atomic mass is 19.1. The third-order valence-electron chi connectivity index (χ3n) is 2.24. The number of hydrogen-bond acceptors (Lipinski definition) is 2. The highest BCUT2D eigenvalue weighted by Gasteiger charge is 2.06. The van der Waals surface area contributed by atoms with Crippen LogP contribution in [0.5, 0.6) is 0 Å². The van der Waals surface area contributed by atoms with Crippen molar-refractivity contribution in [3.63, 3.8) is 0 Å². The Bertz CT molecular complexity index is 514. The lowest BCUT2D eigenvalue weighted by molar-refractivity contribution is 0.274. The predicted octanol–water partition coefficient (Wildman–Crippen LogP) is 2.52. The number of aliphatic hydroxyl groups is 1. The van der Waals surface area contributed by atoms with Gasteiger partial charge < -0.3 is 5.11 Å². The summed E-state index contributed by atoms with van der Waals surface area (Å²) in [4.78, 5) is 3.51. The largest absolute Gasteiger partial charge is 0.392 e. The number of hydrogen-bond donors (Lipinski definition) is 1. The molecule has 0 saturated heterocycles. The lowest BCUT2D eigenvalue weighted by atomic mass is 10.1. The van der Waals surface area contributed by atoms with Crippen molar-refractivity contribution < 1.29 is 13.9 Å². The second kappa shape index (κ2) is 4.37. The Morgan fingerprint density at radius 2 is 1.94 bits per heavy atom. The van der Waals surface area contributed by atoms with Gasteiger partial charge in [0.1, 0.15) is 5.82 Å². The molecule has 82 valence electrons. The standard InChI is InChI=1S/C12H9F2NO/c13-11-3-1-2-8(5-11)9-4-10(7-16)12(14)15-6-9/h1-6,16H,7H2. The van der Waals surface area contributed by atoms with E-state index in [0.717, 1.165) is 0 Å². The lowest BCUT2D eigenvalue weighted by Crippen LogP contribution is -1.94. The van der Waals surface area contributed by atoms with Crippen LogP contribution in [0.1, 0.15) is 5.56 Å². The van der Waals surface area contributed by atoms with Gasteiger partial charge >= 0.3 is 0 Å². The summed E-state index contributed by atoms with van der Waals surface area (Å²) in [5.74, 6) is -1.07. The molecule has 0 fully saturated rings. The van der Waals surface area contributed by atoms with Gasteiger partial charge in [0.05, 0.1) is 6.61 Å². The summed E-state index contributed by atoms with van der Waals surface area (Å²) in [6.07, 6.45) is 1.31. The molecule has 0 atom stereocenters. The van der Waals surface area contributed by atoms with Crippen LogP contribution in [0.25, 0.3) is 11.1 Å². The molecule has 1 aromatic carbocycles. The molecule has 1 heterocycles. The second-order valence-corrected chi connectivity index (χ2v) is 3.34. The molecule has 1 aromatic heterocycles. The Labute approximate surface area is 91.2 Å². The molecule has 4 heteroatoms. The van der Waals surface area contributed by atoms with E-state index in [0.29, 0.717) is 11.1 Å². The fourth-order valence-corrected chi connectivity index (χ4v) is 1.43. The predicted molar refractivity (Wildman–Crippen MR) is 55.5 cm³/mol. The van der Waals surface area contributed by atoms with Gasteiger partial charge in [0, 0.05) is 17.3 Å². The highest BCUT2D eigenvalue weighted by molar-refractivity contribution is 5.62. The van der Waals surface area contributed by atoms with Gasteiger partial charge in [-0.3, -0.25) is 0 Å². The minimum atomic E-state index is -0.706. The van der Waals surface area contributed by atoms with Crippen LogP contribution in [-0.4, -0.2) is 10.1 Å². The minimum Gasteiger partial charge on any atom is -0.392 e. The molecule has 0 unspecified atom stereocenters. The van der Waals surface area contributed by atoms with Crippen LogP contribution in [0.15, 0.2) is 36.5 Å². The van der Waals surface area contributed by atoms with Crippen molar-refractivity contribution in [2.75, 3.05) is 0 Å². The smallest absolute Gasteiger partial charge is 0.218 e. The molecule has 0 radical (unpaired) electrons. The Balaban J connectivity index is 2.48. The van der Waals surface area contributed by atoms with Gasteiger partial charge in [0.15, 0.2) is 0 Å². The van der Waals surface area contributed by atoms with Crippen LogP contribution in [0.2, 0.25) is 0 Å². The quantitative estimate of drug-likeness (QED) is 0.790. The van der Waals surface area contributed by atoms with Crippen molar-refractivity contribution in [3.05, 3.63) is 53.9 Å². The molecule has 0 bridgehead atoms. The van der Waals surface area contributed by atoms with Crippen molar-refractivity contribution in [2.45, 2.75) is 6.61 Å². The van der Waals surface area contributed by atoms with E-state index in [4.69, 9.17) is 5.11 Å². The molecule has 0 saturated carbocycles. The Morgan fingerprint density at radius 1 is 1.12 bits per heavy atom. The van der Waals surface area contributed by atoms with Crippen LogP contribution < -0.4 is 0 Å². The SMILES string of the molecule is OCc1cc(-c2cccc(F)c2)cnc1F. The Hall–Kier alpha value is -1.81. The van der Waals surface area contributed by atoms with Gasteiger partial charge in [-0.05, 0) is 23.8 Å². The average molecular weight is 221 g/mol. The van der Waals surface area contributed by atoms with Gasteiger partial charge in [-0.2, -0.15) is 4.39 Å². The Kier molecular flexibility index (Phi) is 2.92. The molecular weight excluding hydrogens is 212 g/mol. The highest BCUT2D eigenvalue weighted by Crippen LogP contribution is 2.21. The van der Waals surface area contributed by atoms with Gasteiger partial charge in [-0.1, -0.05) is 12.1 Å². The molecule has 0 aliphatic rings. The number of nitrogens with zero attached hydrogens (tertiary/aromatic N) is 1. The van der Waals surface area contributed by atoms with Gasteiger partial charge in [0.2, 0.25) is 5.95 Å². The van der Waals surface area contributed by atoms with E-state index < -0.39 is 12.6 Å². The first-order valence-corrected chi connectivity index (χ1v) is 4.72. The summed E-state index contributed by atoms with van der Waals surface area (Å²) in [6.45, 7) is -0.429. The molecule has 16 heavy (non-hydrogen) atoms. The molecule has 0 aliphatic heterocycles. The summed E-state index contributed by atoms with van der Waals surface area (Å²) < 4.78 is 26.0. The fraction of sp³-hybridized carbons (Fsp3) is 0.0833. The monoisotopic (exact) mass is 221 g/mol. The summed E-state index contributed by atoms with van der Waals surface area (Å²) in [5.41, 5.74) is 1.27. The molecule has 0 spiro atoms. The van der Waals surface area contributed by atoms with Crippen molar-refractivity contribution in [1.29, 1.82) is 0 Å². The van der Waals surface area contributed by atoms with E-state index >= 15 is 0 Å². The maximum Gasteiger partial charge on any atom is 0.218 e. The van der Waals surface area contributed by atoms with Gasteiger partial charge in [-0.15, -0.1) is 0 Å². The van der Waals surface area contributed by atoms with Crippen LogP contribution >= 0.6 is 0 Å². The van der Waals surface area contributed by atoms with E-state index in [1.54, 1.807) is 12.1 Å². The Morgan fingerprint density at radius 3 is 2.62 bits per heavy atom. The first-order chi connectivity index (χ1) is 7.70. The summed E-state index contributed by atoms with van der Waals surface area (Å²) in [7, 11) is 0. The molecule has 1 N–H and O–H groups in total. The third kappa shape index (κ3) is 2.06. The summed E-state index contributed by atoms with van der Waals surface area (Å²) in [6, 6.07) is 7.37. The van der Waals surface area contributed by atoms with Crippen molar-refractivity contribution >= 4 is 0 Å². The van der Waals surface area contributed by atoms with Crippen LogP contribution in [0, 0.1) is 11.8 Å². The third-order valence-corrected chi connectivity index (χ3v) is 2.24. The van der Waals surface area contributed by atoms with Crippen molar-refractivity contribution in [3.8, 4) is 11.1 Å². The van der Waals surface area contributed by atoms with Gasteiger partial charge in [0.25, 0.3) is 0 Å². The van der Waals surface area contributed by atoms with Crippen LogP contribution in [-0.2, 0) is 6.61 Å². The number of aromatic nitrogens is 1. The maximum absolute atomic E-state index is 13.0. The van der Waals surface area contributed by atoms with Crippen molar-refractivity contribution in [1.82, 2.24) is 4.98 Å². The molecule has 2 nitrogen and oxygen atoms in total. The maximum atomic E-state index is 13.0. The zero-order valence-corrected chi connectivity index (χ0v) is 8.32. The number of benzene rings is 1. The normalized spacial score (nSPS) is 10.4. The molecule has 2 aromatic rings. The van der Waals surface area contributed by atoms with E-state index in [1.807, 2.05) is 0 Å². The topological polar surface area (TPSA) is 33.1 Å². The minimum absolute atomic E-state index is 0.0989. The zero-order valence-electron chi connectivity index (χ0n) is 8.32. The number of aliphatic hydroxyl groups excluding tert-OH is 1. The van der Waals surface area contributed by atoms with E-state index in [2.05, 4.69) is 4.98 Å². The molecule has 2 rings (SSSR count). The summed E-state index contributed by atoms with van der Waals surface area (Å²) in [5, 5.41) is 8.89. The fourth-order valence-electron chi connectivity index (χ4n) is 1.43. The van der Waals surface area contributed by atoms with E-state index in [9.17, 15) is 8.78 Å². The van der Waals surface area contributed by atoms with E-state index in [1.165, 1.54) is 24.4 Å². The number of halogens is 2. The molecule has 0 amide bonds. The van der Waals surface area contributed by atoms with Gasteiger partial charge in [-0.25, -0.2) is 9.37 Å². The van der Waals surface area contributed by atoms with Crippen LogP contribution in [0.3, 0.4) is 0 Å². The lowest BCUT2D eigenvalue weighted by Gasteiger charge is -2.04. The van der Waals surface area contributed by atoms with Crippen LogP contribution in [0.4, 0.5) is 8.78 Å². The van der Waals surface area contributed by atoms with Crippen molar-refractivity contribution in [2.24, 2.45) is 0 Å². The second-order valence-electron chi connectivity index (χ2n) is 3.34. The summed E-state index contributed by atoms with van der Waals surface area (Å²) >= 11 is 0. The first-order valence-electron chi connectivity index (χ1n) is 4.72. The number of rotatable bonds is 2. The first kappa shape index (κ1) is 10.7. The zero-order chi connectivity index (χ0) is 11.5. The average Bonchev–Trinajstić information content (AvgIpc) is 2.29. The number of pyridine rings is 1. The molecule has 0 aliphatic carbocycles.